The summed E-state index contributed by atoms with van der Waals surface area (Å²) in [6.45, 7) is 4.01. The lowest BCUT2D eigenvalue weighted by atomic mass is 10.2. The third-order valence-electron chi connectivity index (χ3n) is 3.58. The molecule has 3 rings (SSSR count). The van der Waals surface area contributed by atoms with Crippen LogP contribution in [-0.4, -0.2) is 62.9 Å². The molecule has 1 aromatic rings. The highest BCUT2D eigenvalue weighted by atomic mass is 16.6. The number of morpholine rings is 1. The normalized spacial score (nSPS) is 21.1. The molecule has 0 radical (unpaired) electrons. The molecule has 6 heteroatoms. The molecule has 0 aliphatic carbocycles. The number of benzene rings is 1. The molecule has 0 aromatic heterocycles. The van der Waals surface area contributed by atoms with Gasteiger partial charge in [-0.2, -0.15) is 0 Å². The summed E-state index contributed by atoms with van der Waals surface area (Å²) < 4.78 is 16.7. The molecule has 1 aromatic carbocycles. The number of nitrogens with one attached hydrogen (secondary N) is 1. The fraction of sp³-hybridized carbons (Fsp3) is 0.533. The Morgan fingerprint density at radius 1 is 1.24 bits per heavy atom. The molecular formula is C15H20N2O4. The molecule has 1 N–H and O–H groups in total. The van der Waals surface area contributed by atoms with E-state index in [9.17, 15) is 4.79 Å². The second-order valence-corrected chi connectivity index (χ2v) is 5.12. The van der Waals surface area contributed by atoms with Crippen molar-refractivity contribution in [2.24, 2.45) is 0 Å². The Morgan fingerprint density at radius 2 is 2.00 bits per heavy atom. The molecule has 0 spiro atoms. The van der Waals surface area contributed by atoms with Crippen molar-refractivity contribution in [3.63, 3.8) is 0 Å². The molecular weight excluding hydrogens is 272 g/mol. The Labute approximate surface area is 124 Å². The van der Waals surface area contributed by atoms with E-state index in [-0.39, 0.29) is 12.0 Å². The molecule has 1 unspecified atom stereocenters. The maximum absolute atomic E-state index is 12.0. The number of carbonyl (C=O) groups excluding carboxylic acids is 1. The first kappa shape index (κ1) is 14.2. The van der Waals surface area contributed by atoms with E-state index in [2.05, 4.69) is 5.32 Å². The summed E-state index contributed by atoms with van der Waals surface area (Å²) >= 11 is 0. The monoisotopic (exact) mass is 292 g/mol. The van der Waals surface area contributed by atoms with Crippen LogP contribution >= 0.6 is 0 Å². The maximum atomic E-state index is 12.0. The maximum Gasteiger partial charge on any atom is 0.236 e. The van der Waals surface area contributed by atoms with Gasteiger partial charge in [-0.3, -0.25) is 4.79 Å². The quantitative estimate of drug-likeness (QED) is 0.863. The van der Waals surface area contributed by atoms with E-state index in [1.54, 1.807) is 0 Å². The fourth-order valence-electron chi connectivity index (χ4n) is 2.43. The summed E-state index contributed by atoms with van der Waals surface area (Å²) in [5.74, 6) is 1.64. The average Bonchev–Trinajstić information content (AvgIpc) is 2.55. The fourth-order valence-corrected chi connectivity index (χ4v) is 2.43. The minimum absolute atomic E-state index is 0.0719. The van der Waals surface area contributed by atoms with E-state index < -0.39 is 0 Å². The van der Waals surface area contributed by atoms with E-state index in [0.717, 1.165) is 11.5 Å². The van der Waals surface area contributed by atoms with Gasteiger partial charge in [0.15, 0.2) is 11.5 Å². The van der Waals surface area contributed by atoms with E-state index in [0.29, 0.717) is 46.0 Å². The van der Waals surface area contributed by atoms with Gasteiger partial charge in [-0.05, 0) is 12.1 Å². The lowest BCUT2D eigenvalue weighted by Gasteiger charge is -2.28. The predicted octanol–water partition coefficient (Wildman–Crippen LogP) is 0.275. The smallest absolute Gasteiger partial charge is 0.236 e. The van der Waals surface area contributed by atoms with Crippen molar-refractivity contribution < 1.29 is 19.0 Å². The molecule has 1 fully saturated rings. The topological polar surface area (TPSA) is 60.0 Å². The molecule has 1 amide bonds. The Balaban J connectivity index is 1.41. The summed E-state index contributed by atoms with van der Waals surface area (Å²) in [7, 11) is 0. The van der Waals surface area contributed by atoms with Crippen LogP contribution in [0, 0.1) is 0 Å². The molecule has 0 bridgehead atoms. The molecule has 114 valence electrons. The Hall–Kier alpha value is -1.79. The Bertz CT molecular complexity index is 488. The van der Waals surface area contributed by atoms with Crippen molar-refractivity contribution in [1.82, 2.24) is 10.2 Å². The van der Waals surface area contributed by atoms with Crippen LogP contribution in [0.2, 0.25) is 0 Å². The van der Waals surface area contributed by atoms with Gasteiger partial charge in [-0.15, -0.1) is 0 Å². The van der Waals surface area contributed by atoms with Gasteiger partial charge < -0.3 is 24.4 Å². The first-order valence-corrected chi connectivity index (χ1v) is 7.27. The molecule has 2 aliphatic rings. The molecule has 2 aliphatic heterocycles. The number of carbonyl (C=O) groups is 1. The van der Waals surface area contributed by atoms with Crippen molar-refractivity contribution in [2.45, 2.75) is 6.10 Å². The van der Waals surface area contributed by atoms with E-state index >= 15 is 0 Å². The number of nitrogens with zero attached hydrogens (tertiary/aromatic N) is 1. The van der Waals surface area contributed by atoms with Crippen molar-refractivity contribution >= 4 is 5.91 Å². The van der Waals surface area contributed by atoms with Crippen LogP contribution in [0.4, 0.5) is 0 Å². The Morgan fingerprint density at radius 3 is 2.81 bits per heavy atom. The highest BCUT2D eigenvalue weighted by molar-refractivity contribution is 5.78. The standard InChI is InChI=1S/C15H20N2O4/c18-15(17-5-7-19-8-6-17)10-16-9-12-11-20-13-3-1-2-4-14(13)21-12/h1-4,12,16H,5-11H2. The first-order chi connectivity index (χ1) is 10.3. The number of rotatable bonds is 4. The summed E-state index contributed by atoms with van der Waals surface area (Å²) in [4.78, 5) is 13.8. The molecule has 21 heavy (non-hydrogen) atoms. The van der Waals surface area contributed by atoms with Crippen LogP contribution in [0.1, 0.15) is 0 Å². The molecule has 0 saturated carbocycles. The second kappa shape index (κ2) is 6.78. The number of para-hydroxylation sites is 2. The molecule has 1 atom stereocenters. The zero-order chi connectivity index (χ0) is 14.5. The van der Waals surface area contributed by atoms with Crippen molar-refractivity contribution in [3.05, 3.63) is 24.3 Å². The minimum Gasteiger partial charge on any atom is -0.486 e. The lowest BCUT2D eigenvalue weighted by molar-refractivity contribution is -0.134. The zero-order valence-corrected chi connectivity index (χ0v) is 11.9. The zero-order valence-electron chi connectivity index (χ0n) is 11.9. The van der Waals surface area contributed by atoms with Crippen LogP contribution in [0.15, 0.2) is 24.3 Å². The van der Waals surface area contributed by atoms with Gasteiger partial charge in [0.1, 0.15) is 12.7 Å². The number of ether oxygens (including phenoxy) is 3. The molecule has 6 nitrogen and oxygen atoms in total. The Kier molecular flexibility index (Phi) is 4.57. The summed E-state index contributed by atoms with van der Waals surface area (Å²) in [5, 5.41) is 3.15. The van der Waals surface area contributed by atoms with Crippen LogP contribution in [0.25, 0.3) is 0 Å². The summed E-state index contributed by atoms with van der Waals surface area (Å²) in [6.07, 6.45) is -0.0719. The van der Waals surface area contributed by atoms with Crippen molar-refractivity contribution in [2.75, 3.05) is 46.0 Å². The van der Waals surface area contributed by atoms with Crippen LogP contribution < -0.4 is 14.8 Å². The van der Waals surface area contributed by atoms with Crippen molar-refractivity contribution in [1.29, 1.82) is 0 Å². The summed E-state index contributed by atoms with van der Waals surface area (Å²) in [6, 6.07) is 7.61. The van der Waals surface area contributed by atoms with E-state index in [1.165, 1.54) is 0 Å². The second-order valence-electron chi connectivity index (χ2n) is 5.12. The average molecular weight is 292 g/mol. The SMILES string of the molecule is O=C(CNCC1COc2ccccc2O1)N1CCOCC1. The van der Waals surface area contributed by atoms with Gasteiger partial charge in [0.25, 0.3) is 0 Å². The highest BCUT2D eigenvalue weighted by Crippen LogP contribution is 2.30. The van der Waals surface area contributed by atoms with Crippen molar-refractivity contribution in [3.8, 4) is 11.5 Å². The van der Waals surface area contributed by atoms with Gasteiger partial charge in [0.05, 0.1) is 19.8 Å². The third kappa shape index (κ3) is 3.65. The van der Waals surface area contributed by atoms with Gasteiger partial charge in [-0.25, -0.2) is 0 Å². The van der Waals surface area contributed by atoms with Crippen LogP contribution in [0.3, 0.4) is 0 Å². The minimum atomic E-state index is -0.0719. The van der Waals surface area contributed by atoms with E-state index in [1.807, 2.05) is 29.2 Å². The van der Waals surface area contributed by atoms with Gasteiger partial charge >= 0.3 is 0 Å². The first-order valence-electron chi connectivity index (χ1n) is 7.27. The largest absolute Gasteiger partial charge is 0.486 e. The highest BCUT2D eigenvalue weighted by Gasteiger charge is 2.21. The summed E-state index contributed by atoms with van der Waals surface area (Å²) in [5.41, 5.74) is 0. The number of fused-ring (bicyclic) bond motifs is 1. The van der Waals surface area contributed by atoms with Gasteiger partial charge in [0, 0.05) is 19.6 Å². The number of hydrogen-bond acceptors (Lipinski definition) is 5. The molecule has 2 heterocycles. The number of hydrogen-bond donors (Lipinski definition) is 1. The van der Waals surface area contributed by atoms with E-state index in [4.69, 9.17) is 14.2 Å². The van der Waals surface area contributed by atoms with Crippen LogP contribution in [0.5, 0.6) is 11.5 Å². The predicted molar refractivity (Wildman–Crippen MR) is 76.6 cm³/mol. The van der Waals surface area contributed by atoms with Gasteiger partial charge in [0.2, 0.25) is 5.91 Å². The van der Waals surface area contributed by atoms with Gasteiger partial charge in [-0.1, -0.05) is 12.1 Å². The lowest BCUT2D eigenvalue weighted by Crippen LogP contribution is -2.47. The molecule has 1 saturated heterocycles. The number of amides is 1. The third-order valence-corrected chi connectivity index (χ3v) is 3.58. The van der Waals surface area contributed by atoms with Crippen LogP contribution in [-0.2, 0) is 9.53 Å².